The van der Waals surface area contributed by atoms with Gasteiger partial charge in [0.25, 0.3) is 0 Å². The summed E-state index contributed by atoms with van der Waals surface area (Å²) in [5.41, 5.74) is 2.86. The van der Waals surface area contributed by atoms with Gasteiger partial charge in [-0.2, -0.15) is 0 Å². The van der Waals surface area contributed by atoms with Gasteiger partial charge in [-0.3, -0.25) is 4.98 Å². The monoisotopic (exact) mass is 291 g/mol. The lowest BCUT2D eigenvalue weighted by molar-refractivity contribution is 0.383. The van der Waals surface area contributed by atoms with Gasteiger partial charge in [0, 0.05) is 17.4 Å². The fourth-order valence-corrected chi connectivity index (χ4v) is 2.25. The van der Waals surface area contributed by atoms with Crippen LogP contribution in [0, 0.1) is 6.92 Å². The van der Waals surface area contributed by atoms with Gasteiger partial charge in [-0.25, -0.2) is 4.98 Å². The average Bonchev–Trinajstić information content (AvgIpc) is 2.48. The Kier molecular flexibility index (Phi) is 4.93. The van der Waals surface area contributed by atoms with Gasteiger partial charge in [0.1, 0.15) is 5.69 Å². The van der Waals surface area contributed by atoms with Crippen molar-refractivity contribution < 1.29 is 4.74 Å². The van der Waals surface area contributed by atoms with Gasteiger partial charge >= 0.3 is 0 Å². The summed E-state index contributed by atoms with van der Waals surface area (Å²) in [6.07, 6.45) is 3.28. The number of benzene rings is 1. The van der Waals surface area contributed by atoms with E-state index in [4.69, 9.17) is 16.3 Å². The maximum atomic E-state index is 6.22. The second-order valence-electron chi connectivity index (χ2n) is 4.45. The first-order chi connectivity index (χ1) is 9.67. The Morgan fingerprint density at radius 3 is 2.70 bits per heavy atom. The molecule has 1 atom stereocenters. The molecule has 0 amide bonds. The Bertz CT molecular complexity index is 589. The van der Waals surface area contributed by atoms with Gasteiger partial charge in [-0.15, -0.1) is 0 Å². The van der Waals surface area contributed by atoms with Crippen molar-refractivity contribution in [1.29, 1.82) is 0 Å². The van der Waals surface area contributed by atoms with Crippen molar-refractivity contribution in [3.8, 4) is 5.88 Å². The number of methoxy groups -OCH3 is 1. The number of nitrogens with zero attached hydrogens (tertiary/aromatic N) is 2. The highest BCUT2D eigenvalue weighted by molar-refractivity contribution is 6.31. The normalized spacial score (nSPS) is 12.2. The molecular weight excluding hydrogens is 274 g/mol. The molecule has 1 aromatic carbocycles. The number of hydrogen-bond donors (Lipinski definition) is 1. The molecule has 1 heterocycles. The van der Waals surface area contributed by atoms with Gasteiger partial charge in [0.15, 0.2) is 0 Å². The summed E-state index contributed by atoms with van der Waals surface area (Å²) in [6, 6.07) is 5.91. The van der Waals surface area contributed by atoms with Crippen LogP contribution in [0.5, 0.6) is 5.88 Å². The average molecular weight is 292 g/mol. The van der Waals surface area contributed by atoms with E-state index in [9.17, 15) is 0 Å². The third kappa shape index (κ3) is 3.08. The smallest absolute Gasteiger partial charge is 0.237 e. The zero-order valence-corrected chi connectivity index (χ0v) is 12.6. The Balaban J connectivity index is 2.47. The summed E-state index contributed by atoms with van der Waals surface area (Å²) in [7, 11) is 1.60. The molecule has 2 aromatic rings. The zero-order valence-electron chi connectivity index (χ0n) is 11.9. The molecule has 1 N–H and O–H groups in total. The number of nitrogens with one attached hydrogen (secondary N) is 1. The minimum absolute atomic E-state index is 0.0956. The molecule has 0 aliphatic rings. The van der Waals surface area contributed by atoms with Crippen LogP contribution in [0.25, 0.3) is 0 Å². The van der Waals surface area contributed by atoms with E-state index in [2.05, 4.69) is 15.3 Å². The number of ether oxygens (including phenoxy) is 1. The van der Waals surface area contributed by atoms with E-state index in [0.717, 1.165) is 28.4 Å². The summed E-state index contributed by atoms with van der Waals surface area (Å²) in [6.45, 7) is 4.83. The van der Waals surface area contributed by atoms with Crippen LogP contribution < -0.4 is 10.1 Å². The van der Waals surface area contributed by atoms with Crippen LogP contribution in [0.3, 0.4) is 0 Å². The molecule has 4 nitrogen and oxygen atoms in total. The van der Waals surface area contributed by atoms with Crippen LogP contribution in [0.4, 0.5) is 0 Å². The highest BCUT2D eigenvalue weighted by Gasteiger charge is 2.20. The molecule has 1 aromatic heterocycles. The topological polar surface area (TPSA) is 47.0 Å². The third-order valence-corrected chi connectivity index (χ3v) is 3.50. The second kappa shape index (κ2) is 6.68. The Labute approximate surface area is 124 Å². The van der Waals surface area contributed by atoms with Crippen LogP contribution in [0.1, 0.15) is 29.8 Å². The number of rotatable bonds is 5. The highest BCUT2D eigenvalue weighted by Crippen LogP contribution is 2.28. The Morgan fingerprint density at radius 2 is 2.05 bits per heavy atom. The number of hydrogen-bond acceptors (Lipinski definition) is 4. The third-order valence-electron chi connectivity index (χ3n) is 3.10. The molecule has 0 fully saturated rings. The molecule has 0 aliphatic carbocycles. The summed E-state index contributed by atoms with van der Waals surface area (Å²) in [5, 5.41) is 4.14. The van der Waals surface area contributed by atoms with E-state index < -0.39 is 0 Å². The first-order valence-corrected chi connectivity index (χ1v) is 6.89. The standard InChI is InChI=1S/C15H18ClN3O/c1-4-17-13(11-6-5-10(2)12(16)9-11)14-15(20-3)19-8-7-18-14/h5-9,13,17H,4H2,1-3H3. The first kappa shape index (κ1) is 14.8. The van der Waals surface area contributed by atoms with Gasteiger partial charge in [-0.1, -0.05) is 30.7 Å². The molecule has 2 rings (SSSR count). The second-order valence-corrected chi connectivity index (χ2v) is 4.86. The number of aromatic nitrogens is 2. The van der Waals surface area contributed by atoms with Crippen molar-refractivity contribution in [3.05, 3.63) is 52.4 Å². The van der Waals surface area contributed by atoms with Crippen molar-refractivity contribution >= 4 is 11.6 Å². The summed E-state index contributed by atoms with van der Waals surface area (Å²) in [5.74, 6) is 0.523. The molecule has 0 saturated heterocycles. The first-order valence-electron chi connectivity index (χ1n) is 6.51. The van der Waals surface area contributed by atoms with Crippen molar-refractivity contribution in [2.24, 2.45) is 0 Å². The zero-order chi connectivity index (χ0) is 14.5. The SMILES string of the molecule is CCNC(c1ccc(C)c(Cl)c1)c1nccnc1OC. The van der Waals surface area contributed by atoms with Gasteiger partial charge in [0.05, 0.1) is 13.2 Å². The van der Waals surface area contributed by atoms with Gasteiger partial charge in [0.2, 0.25) is 5.88 Å². The van der Waals surface area contributed by atoms with E-state index in [1.807, 2.05) is 32.0 Å². The molecule has 20 heavy (non-hydrogen) atoms. The molecule has 5 heteroatoms. The molecular formula is C15H18ClN3O. The van der Waals surface area contributed by atoms with E-state index in [1.54, 1.807) is 19.5 Å². The van der Waals surface area contributed by atoms with Crippen molar-refractivity contribution in [3.63, 3.8) is 0 Å². The van der Waals surface area contributed by atoms with Gasteiger partial charge < -0.3 is 10.1 Å². The van der Waals surface area contributed by atoms with Crippen LogP contribution in [-0.2, 0) is 0 Å². The van der Waals surface area contributed by atoms with Crippen LogP contribution in [0.15, 0.2) is 30.6 Å². The van der Waals surface area contributed by atoms with Crippen molar-refractivity contribution in [2.45, 2.75) is 19.9 Å². The predicted octanol–water partition coefficient (Wildman–Crippen LogP) is 3.15. The molecule has 0 radical (unpaired) electrons. The van der Waals surface area contributed by atoms with Crippen molar-refractivity contribution in [1.82, 2.24) is 15.3 Å². The van der Waals surface area contributed by atoms with Crippen LogP contribution in [0.2, 0.25) is 5.02 Å². The fraction of sp³-hybridized carbons (Fsp3) is 0.333. The van der Waals surface area contributed by atoms with E-state index >= 15 is 0 Å². The molecule has 0 aliphatic heterocycles. The maximum Gasteiger partial charge on any atom is 0.237 e. The lowest BCUT2D eigenvalue weighted by Gasteiger charge is -2.19. The lowest BCUT2D eigenvalue weighted by Crippen LogP contribution is -2.24. The number of aryl methyl sites for hydroxylation is 1. The molecule has 1 unspecified atom stereocenters. The predicted molar refractivity (Wildman–Crippen MR) is 80.3 cm³/mol. The number of halogens is 1. The molecule has 106 valence electrons. The Hall–Kier alpha value is -1.65. The van der Waals surface area contributed by atoms with Crippen LogP contribution in [-0.4, -0.2) is 23.6 Å². The Morgan fingerprint density at radius 1 is 1.30 bits per heavy atom. The van der Waals surface area contributed by atoms with Gasteiger partial charge in [-0.05, 0) is 30.7 Å². The maximum absolute atomic E-state index is 6.22. The quantitative estimate of drug-likeness (QED) is 0.919. The summed E-state index contributed by atoms with van der Waals surface area (Å²) >= 11 is 6.22. The highest BCUT2D eigenvalue weighted by atomic mass is 35.5. The van der Waals surface area contributed by atoms with Crippen LogP contribution >= 0.6 is 11.6 Å². The largest absolute Gasteiger partial charge is 0.480 e. The summed E-state index contributed by atoms with van der Waals surface area (Å²) in [4.78, 5) is 8.61. The lowest BCUT2D eigenvalue weighted by atomic mass is 10.0. The molecule has 0 bridgehead atoms. The summed E-state index contributed by atoms with van der Waals surface area (Å²) < 4.78 is 5.30. The van der Waals surface area contributed by atoms with E-state index in [0.29, 0.717) is 5.88 Å². The molecule has 0 saturated carbocycles. The fourth-order valence-electron chi connectivity index (χ4n) is 2.06. The van der Waals surface area contributed by atoms with E-state index in [1.165, 1.54) is 0 Å². The minimum atomic E-state index is -0.0956. The van der Waals surface area contributed by atoms with Crippen molar-refractivity contribution in [2.75, 3.05) is 13.7 Å². The van der Waals surface area contributed by atoms with E-state index in [-0.39, 0.29) is 6.04 Å². The molecule has 0 spiro atoms. The minimum Gasteiger partial charge on any atom is -0.480 e.